The molecule has 1 saturated heterocycles. The number of rotatable bonds is 4. The molecule has 0 bridgehead atoms. The van der Waals surface area contributed by atoms with Crippen LogP contribution in [0.4, 0.5) is 5.69 Å². The fourth-order valence-corrected chi connectivity index (χ4v) is 3.85. The van der Waals surface area contributed by atoms with Crippen LogP contribution >= 0.6 is 0 Å². The van der Waals surface area contributed by atoms with Crippen molar-refractivity contribution in [2.45, 2.75) is 26.8 Å². The van der Waals surface area contributed by atoms with E-state index >= 15 is 0 Å². The number of nitrogens with one attached hydrogen (secondary N) is 1. The third-order valence-corrected chi connectivity index (χ3v) is 5.76. The normalized spacial score (nSPS) is 16.3. The first-order valence-electron chi connectivity index (χ1n) is 9.95. The first kappa shape index (κ1) is 19.8. The fourth-order valence-electron chi connectivity index (χ4n) is 3.85. The molecule has 4 rings (SSSR count). The largest absolute Gasteiger partial charge is 0.350 e. The van der Waals surface area contributed by atoms with Crippen molar-refractivity contribution < 1.29 is 9.59 Å². The maximum absolute atomic E-state index is 12.8. The predicted molar refractivity (Wildman–Crippen MR) is 115 cm³/mol. The van der Waals surface area contributed by atoms with Gasteiger partial charge in [0.25, 0.3) is 5.56 Å². The zero-order valence-electron chi connectivity index (χ0n) is 17.3. The fraction of sp³-hybridized carbons (Fsp3) is 0.304. The summed E-state index contributed by atoms with van der Waals surface area (Å²) in [5.74, 6) is -0.656. The van der Waals surface area contributed by atoms with Crippen LogP contribution in [0.25, 0.3) is 10.8 Å². The molecule has 154 valence electrons. The van der Waals surface area contributed by atoms with Gasteiger partial charge >= 0.3 is 0 Å². The number of aryl methyl sites for hydroxylation is 3. The summed E-state index contributed by atoms with van der Waals surface area (Å²) in [7, 11) is 1.59. The number of hydrogen-bond acceptors (Lipinski definition) is 4. The van der Waals surface area contributed by atoms with E-state index in [1.165, 1.54) is 4.68 Å². The average molecular weight is 404 g/mol. The third kappa shape index (κ3) is 3.58. The van der Waals surface area contributed by atoms with Crippen LogP contribution in [0.2, 0.25) is 0 Å². The summed E-state index contributed by atoms with van der Waals surface area (Å²) in [6.45, 7) is 4.59. The molecular weight excluding hydrogens is 380 g/mol. The standard InChI is InChI=1S/C23H24N4O3/c1-14-8-9-17(10-15(14)2)27-13-16(11-21(27)28)22(29)24-12-20-18-6-4-5-7-19(18)23(30)26(3)25-20/h4-10,16H,11-13H2,1-3H3,(H,24,29). The Balaban J connectivity index is 1.48. The maximum atomic E-state index is 12.8. The first-order chi connectivity index (χ1) is 14.3. The van der Waals surface area contributed by atoms with E-state index in [4.69, 9.17) is 0 Å². The van der Waals surface area contributed by atoms with Crippen LogP contribution in [0.5, 0.6) is 0 Å². The zero-order valence-corrected chi connectivity index (χ0v) is 17.3. The quantitative estimate of drug-likeness (QED) is 0.723. The van der Waals surface area contributed by atoms with E-state index in [-0.39, 0.29) is 30.3 Å². The Labute approximate surface area is 174 Å². The van der Waals surface area contributed by atoms with E-state index in [1.807, 2.05) is 44.2 Å². The summed E-state index contributed by atoms with van der Waals surface area (Å²) in [6, 6.07) is 13.1. The number of hydrogen-bond donors (Lipinski definition) is 1. The van der Waals surface area contributed by atoms with Crippen LogP contribution in [-0.4, -0.2) is 28.1 Å². The van der Waals surface area contributed by atoms with Gasteiger partial charge < -0.3 is 10.2 Å². The number of fused-ring (bicyclic) bond motifs is 1. The van der Waals surface area contributed by atoms with Gasteiger partial charge in [-0.2, -0.15) is 5.10 Å². The minimum Gasteiger partial charge on any atom is -0.350 e. The number of amides is 2. The summed E-state index contributed by atoms with van der Waals surface area (Å²) in [5.41, 5.74) is 3.55. The van der Waals surface area contributed by atoms with Crippen molar-refractivity contribution in [3.63, 3.8) is 0 Å². The number of nitrogens with zero attached hydrogens (tertiary/aromatic N) is 3. The number of carbonyl (C=O) groups is 2. The molecule has 3 aromatic rings. The molecule has 0 radical (unpaired) electrons. The number of carbonyl (C=O) groups excluding carboxylic acids is 2. The highest BCUT2D eigenvalue weighted by Crippen LogP contribution is 2.27. The van der Waals surface area contributed by atoms with E-state index in [2.05, 4.69) is 10.4 Å². The molecule has 7 heteroatoms. The van der Waals surface area contributed by atoms with E-state index in [1.54, 1.807) is 24.1 Å². The second-order valence-electron chi connectivity index (χ2n) is 7.81. The van der Waals surface area contributed by atoms with Gasteiger partial charge in [-0.3, -0.25) is 14.4 Å². The van der Waals surface area contributed by atoms with Gasteiger partial charge in [0.1, 0.15) is 0 Å². The van der Waals surface area contributed by atoms with Gasteiger partial charge in [0.2, 0.25) is 11.8 Å². The minimum atomic E-state index is -0.419. The molecule has 2 amide bonds. The van der Waals surface area contributed by atoms with Crippen LogP contribution in [0.1, 0.15) is 23.2 Å². The molecule has 1 aromatic heterocycles. The zero-order chi connectivity index (χ0) is 21.4. The Morgan fingerprint density at radius 1 is 1.10 bits per heavy atom. The lowest BCUT2D eigenvalue weighted by atomic mass is 10.1. The van der Waals surface area contributed by atoms with Gasteiger partial charge in [0, 0.05) is 31.1 Å². The minimum absolute atomic E-state index is 0.0518. The van der Waals surface area contributed by atoms with Gasteiger partial charge in [-0.1, -0.05) is 24.3 Å². The van der Waals surface area contributed by atoms with Gasteiger partial charge in [-0.05, 0) is 43.2 Å². The van der Waals surface area contributed by atoms with Gasteiger partial charge in [-0.15, -0.1) is 0 Å². The molecule has 0 saturated carbocycles. The lowest BCUT2D eigenvalue weighted by molar-refractivity contribution is -0.126. The van der Waals surface area contributed by atoms with Crippen molar-refractivity contribution in [2.24, 2.45) is 13.0 Å². The molecule has 2 aromatic carbocycles. The van der Waals surface area contributed by atoms with Gasteiger partial charge in [0.05, 0.1) is 23.5 Å². The third-order valence-electron chi connectivity index (χ3n) is 5.76. The van der Waals surface area contributed by atoms with E-state index in [0.717, 1.165) is 22.2 Å². The summed E-state index contributed by atoms with van der Waals surface area (Å²) in [4.78, 5) is 39.2. The summed E-state index contributed by atoms with van der Waals surface area (Å²) >= 11 is 0. The van der Waals surface area contributed by atoms with E-state index < -0.39 is 5.92 Å². The smallest absolute Gasteiger partial charge is 0.274 e. The van der Waals surface area contributed by atoms with Crippen molar-refractivity contribution in [1.29, 1.82) is 0 Å². The van der Waals surface area contributed by atoms with Crippen LogP contribution in [0.15, 0.2) is 47.3 Å². The monoisotopic (exact) mass is 404 g/mol. The lowest BCUT2D eigenvalue weighted by Crippen LogP contribution is -2.33. The van der Waals surface area contributed by atoms with Crippen molar-refractivity contribution in [3.05, 3.63) is 69.6 Å². The Hall–Kier alpha value is -3.48. The highest BCUT2D eigenvalue weighted by atomic mass is 16.2. The molecule has 1 aliphatic rings. The first-order valence-corrected chi connectivity index (χ1v) is 9.95. The summed E-state index contributed by atoms with van der Waals surface area (Å²) in [5, 5.41) is 8.49. The topological polar surface area (TPSA) is 84.3 Å². The summed E-state index contributed by atoms with van der Waals surface area (Å²) < 4.78 is 1.28. The molecule has 1 atom stereocenters. The van der Waals surface area contributed by atoms with Crippen molar-refractivity contribution in [1.82, 2.24) is 15.1 Å². The Morgan fingerprint density at radius 2 is 1.83 bits per heavy atom. The summed E-state index contributed by atoms with van der Waals surface area (Å²) in [6.07, 6.45) is 0.181. The molecular formula is C23H24N4O3. The second kappa shape index (κ2) is 7.74. The van der Waals surface area contributed by atoms with Gasteiger partial charge in [-0.25, -0.2) is 4.68 Å². The second-order valence-corrected chi connectivity index (χ2v) is 7.81. The molecule has 1 aliphatic heterocycles. The Kier molecular flexibility index (Phi) is 5.11. The molecule has 30 heavy (non-hydrogen) atoms. The predicted octanol–water partition coefficient (Wildman–Crippen LogP) is 2.22. The number of anilines is 1. The van der Waals surface area contributed by atoms with Crippen LogP contribution < -0.4 is 15.8 Å². The van der Waals surface area contributed by atoms with E-state index in [9.17, 15) is 14.4 Å². The maximum Gasteiger partial charge on any atom is 0.274 e. The van der Waals surface area contributed by atoms with Crippen molar-refractivity contribution in [2.75, 3.05) is 11.4 Å². The van der Waals surface area contributed by atoms with Crippen molar-refractivity contribution >= 4 is 28.3 Å². The number of aromatic nitrogens is 2. The number of benzene rings is 2. The molecule has 0 spiro atoms. The van der Waals surface area contributed by atoms with Crippen LogP contribution in [0, 0.1) is 19.8 Å². The molecule has 1 unspecified atom stereocenters. The molecule has 1 fully saturated rings. The van der Waals surface area contributed by atoms with Crippen molar-refractivity contribution in [3.8, 4) is 0 Å². The molecule has 1 N–H and O–H groups in total. The van der Waals surface area contributed by atoms with Gasteiger partial charge in [0.15, 0.2) is 0 Å². The highest BCUT2D eigenvalue weighted by molar-refractivity contribution is 6.00. The lowest BCUT2D eigenvalue weighted by Gasteiger charge is -2.18. The Morgan fingerprint density at radius 3 is 2.57 bits per heavy atom. The highest BCUT2D eigenvalue weighted by Gasteiger charge is 2.35. The average Bonchev–Trinajstić information content (AvgIpc) is 3.13. The van der Waals surface area contributed by atoms with E-state index in [0.29, 0.717) is 17.6 Å². The SMILES string of the molecule is Cc1ccc(N2CC(C(=O)NCc3nn(C)c(=O)c4ccccc34)CC2=O)cc1C. The van der Waals surface area contributed by atoms with Crippen LogP contribution in [0.3, 0.4) is 0 Å². The molecule has 7 nitrogen and oxygen atoms in total. The Bertz CT molecular complexity index is 1210. The molecule has 0 aliphatic carbocycles. The van der Waals surface area contributed by atoms with Crippen LogP contribution in [-0.2, 0) is 23.2 Å². The molecule has 2 heterocycles.